The monoisotopic (exact) mass is 325 g/mol. The number of hydrogen-bond donors (Lipinski definition) is 1. The van der Waals surface area contributed by atoms with Gasteiger partial charge in [0.05, 0.1) is 17.6 Å². The number of esters is 1. The highest BCUT2D eigenvalue weighted by molar-refractivity contribution is 5.99. The zero-order valence-electron chi connectivity index (χ0n) is 14.6. The van der Waals surface area contributed by atoms with Crippen molar-refractivity contribution in [1.29, 1.82) is 0 Å². The van der Waals surface area contributed by atoms with E-state index in [4.69, 9.17) is 4.74 Å². The van der Waals surface area contributed by atoms with Gasteiger partial charge in [-0.05, 0) is 57.5 Å². The molecule has 0 aromatic heterocycles. The Bertz CT molecular complexity index is 716. The molecule has 0 saturated heterocycles. The topological polar surface area (TPSA) is 55.4 Å². The van der Waals surface area contributed by atoms with Gasteiger partial charge in [0.25, 0.3) is 0 Å². The van der Waals surface area contributed by atoms with Crippen molar-refractivity contribution in [3.05, 3.63) is 65.2 Å². The molecule has 4 heteroatoms. The molecular formula is C20H23NO3. The first kappa shape index (κ1) is 17.7. The summed E-state index contributed by atoms with van der Waals surface area (Å²) >= 11 is 0. The van der Waals surface area contributed by atoms with Crippen molar-refractivity contribution in [1.82, 2.24) is 0 Å². The van der Waals surface area contributed by atoms with Crippen molar-refractivity contribution in [3.8, 4) is 0 Å². The van der Waals surface area contributed by atoms with Gasteiger partial charge in [0.15, 0.2) is 0 Å². The minimum atomic E-state index is -0.659. The molecule has 1 N–H and O–H groups in total. The van der Waals surface area contributed by atoms with Crippen molar-refractivity contribution in [3.63, 3.8) is 0 Å². The molecule has 126 valence electrons. The molecule has 4 nitrogen and oxygen atoms in total. The van der Waals surface area contributed by atoms with Gasteiger partial charge in [-0.2, -0.15) is 0 Å². The average Bonchev–Trinajstić information content (AvgIpc) is 2.56. The van der Waals surface area contributed by atoms with Crippen LogP contribution < -0.4 is 5.32 Å². The van der Waals surface area contributed by atoms with Gasteiger partial charge in [0.1, 0.15) is 0 Å². The Morgan fingerprint density at radius 3 is 2.12 bits per heavy atom. The summed E-state index contributed by atoms with van der Waals surface area (Å²) in [6.07, 6.45) is 0. The lowest BCUT2D eigenvalue weighted by atomic mass is 9.83. The van der Waals surface area contributed by atoms with Gasteiger partial charge < -0.3 is 10.1 Å². The first-order valence-electron chi connectivity index (χ1n) is 8.00. The minimum absolute atomic E-state index is 0.102. The van der Waals surface area contributed by atoms with E-state index < -0.39 is 5.41 Å². The quantitative estimate of drug-likeness (QED) is 0.843. The maximum absolute atomic E-state index is 12.6. The van der Waals surface area contributed by atoms with Crippen molar-refractivity contribution in [2.45, 2.75) is 33.1 Å². The van der Waals surface area contributed by atoms with E-state index in [0.29, 0.717) is 17.9 Å². The first-order chi connectivity index (χ1) is 11.3. The fourth-order valence-electron chi connectivity index (χ4n) is 2.29. The van der Waals surface area contributed by atoms with Gasteiger partial charge in [0, 0.05) is 5.69 Å². The number of carbonyl (C=O) groups excluding carboxylic acids is 2. The maximum Gasteiger partial charge on any atom is 0.338 e. The first-order valence-corrected chi connectivity index (χ1v) is 8.00. The number of nitrogens with one attached hydrogen (secondary N) is 1. The Morgan fingerprint density at radius 1 is 1.00 bits per heavy atom. The van der Waals surface area contributed by atoms with Crippen LogP contribution in [0.4, 0.5) is 5.69 Å². The predicted molar refractivity (Wildman–Crippen MR) is 95.2 cm³/mol. The van der Waals surface area contributed by atoms with Gasteiger partial charge in [-0.15, -0.1) is 0 Å². The van der Waals surface area contributed by atoms with E-state index in [1.54, 1.807) is 31.2 Å². The molecule has 0 spiro atoms. The molecule has 0 aliphatic rings. The molecule has 0 heterocycles. The van der Waals surface area contributed by atoms with Crippen LogP contribution in [0.15, 0.2) is 48.5 Å². The lowest BCUT2D eigenvalue weighted by Crippen LogP contribution is -2.34. The van der Waals surface area contributed by atoms with Crippen LogP contribution in [-0.4, -0.2) is 18.5 Å². The van der Waals surface area contributed by atoms with Crippen LogP contribution >= 0.6 is 0 Å². The highest BCUT2D eigenvalue weighted by Gasteiger charge is 2.29. The van der Waals surface area contributed by atoms with Crippen LogP contribution in [-0.2, 0) is 14.9 Å². The van der Waals surface area contributed by atoms with Gasteiger partial charge >= 0.3 is 5.97 Å². The molecule has 0 bridgehead atoms. The normalized spacial score (nSPS) is 11.0. The number of hydrogen-bond acceptors (Lipinski definition) is 3. The van der Waals surface area contributed by atoms with Gasteiger partial charge in [-0.1, -0.05) is 29.8 Å². The summed E-state index contributed by atoms with van der Waals surface area (Å²) in [7, 11) is 0. The highest BCUT2D eigenvalue weighted by Crippen LogP contribution is 2.25. The molecule has 0 unspecified atom stereocenters. The second-order valence-electron chi connectivity index (χ2n) is 6.24. The molecule has 1 amide bonds. The van der Waals surface area contributed by atoms with Crippen molar-refractivity contribution in [2.24, 2.45) is 0 Å². The van der Waals surface area contributed by atoms with E-state index in [-0.39, 0.29) is 11.9 Å². The van der Waals surface area contributed by atoms with E-state index in [1.807, 2.05) is 45.0 Å². The number of amides is 1. The molecule has 24 heavy (non-hydrogen) atoms. The molecule has 0 atom stereocenters. The molecule has 2 rings (SSSR count). The second kappa shape index (κ2) is 7.30. The van der Waals surface area contributed by atoms with E-state index in [0.717, 1.165) is 11.1 Å². The highest BCUT2D eigenvalue weighted by atomic mass is 16.5. The third-order valence-electron chi connectivity index (χ3n) is 3.99. The Kier molecular flexibility index (Phi) is 5.39. The number of carbonyl (C=O) groups is 2. The molecule has 0 aliphatic heterocycles. The molecule has 2 aromatic rings. The Morgan fingerprint density at radius 2 is 1.58 bits per heavy atom. The second-order valence-corrected chi connectivity index (χ2v) is 6.24. The summed E-state index contributed by atoms with van der Waals surface area (Å²) in [6, 6.07) is 14.6. The van der Waals surface area contributed by atoms with Gasteiger partial charge in [0.2, 0.25) is 5.91 Å². The third-order valence-corrected chi connectivity index (χ3v) is 3.99. The minimum Gasteiger partial charge on any atom is -0.462 e. The maximum atomic E-state index is 12.6. The zero-order chi connectivity index (χ0) is 17.7. The number of ether oxygens (including phenoxy) is 1. The molecule has 0 saturated carbocycles. The fourth-order valence-corrected chi connectivity index (χ4v) is 2.29. The van der Waals surface area contributed by atoms with E-state index in [9.17, 15) is 9.59 Å². The van der Waals surface area contributed by atoms with E-state index in [1.165, 1.54) is 0 Å². The average molecular weight is 325 g/mol. The zero-order valence-corrected chi connectivity index (χ0v) is 14.6. The summed E-state index contributed by atoms with van der Waals surface area (Å²) in [5, 5.41) is 2.90. The SMILES string of the molecule is CCOC(=O)c1ccc(NC(=O)C(C)(C)c2ccc(C)cc2)cc1. The Labute approximate surface area is 142 Å². The van der Waals surface area contributed by atoms with Gasteiger partial charge in [-0.3, -0.25) is 4.79 Å². The molecular weight excluding hydrogens is 302 g/mol. The van der Waals surface area contributed by atoms with Crippen LogP contribution in [0.3, 0.4) is 0 Å². The van der Waals surface area contributed by atoms with Crippen molar-refractivity contribution in [2.75, 3.05) is 11.9 Å². The van der Waals surface area contributed by atoms with Crippen LogP contribution in [0, 0.1) is 6.92 Å². The Hall–Kier alpha value is -2.62. The molecule has 0 radical (unpaired) electrons. The molecule has 0 fully saturated rings. The number of anilines is 1. The summed E-state index contributed by atoms with van der Waals surface area (Å²) in [5.41, 5.74) is 2.56. The Balaban J connectivity index is 2.11. The smallest absolute Gasteiger partial charge is 0.338 e. The lowest BCUT2D eigenvalue weighted by Gasteiger charge is -2.24. The standard InChI is InChI=1S/C20H23NO3/c1-5-24-18(22)15-8-12-17(13-9-15)21-19(23)20(3,4)16-10-6-14(2)7-11-16/h6-13H,5H2,1-4H3,(H,21,23). The molecule has 2 aromatic carbocycles. The number of aryl methyl sites for hydroxylation is 1. The summed E-state index contributed by atoms with van der Waals surface area (Å²) in [4.78, 5) is 24.3. The number of rotatable bonds is 5. The predicted octanol–water partition coefficient (Wildman–Crippen LogP) is 4.09. The lowest BCUT2D eigenvalue weighted by molar-refractivity contribution is -0.120. The van der Waals surface area contributed by atoms with Crippen molar-refractivity contribution < 1.29 is 14.3 Å². The third kappa shape index (κ3) is 4.02. The largest absolute Gasteiger partial charge is 0.462 e. The van der Waals surface area contributed by atoms with Crippen LogP contribution in [0.5, 0.6) is 0 Å². The van der Waals surface area contributed by atoms with Crippen LogP contribution in [0.25, 0.3) is 0 Å². The summed E-state index contributed by atoms with van der Waals surface area (Å²) in [6.45, 7) is 7.89. The molecule has 0 aliphatic carbocycles. The fraction of sp³-hybridized carbons (Fsp3) is 0.300. The van der Waals surface area contributed by atoms with Crippen molar-refractivity contribution >= 4 is 17.6 Å². The van der Waals surface area contributed by atoms with E-state index >= 15 is 0 Å². The van der Waals surface area contributed by atoms with Crippen LogP contribution in [0.1, 0.15) is 42.3 Å². The number of benzene rings is 2. The van der Waals surface area contributed by atoms with Crippen LogP contribution in [0.2, 0.25) is 0 Å². The summed E-state index contributed by atoms with van der Waals surface area (Å²) in [5.74, 6) is -0.467. The van der Waals surface area contributed by atoms with Gasteiger partial charge in [-0.25, -0.2) is 4.79 Å². The van der Waals surface area contributed by atoms with E-state index in [2.05, 4.69) is 5.32 Å². The summed E-state index contributed by atoms with van der Waals surface area (Å²) < 4.78 is 4.94.